The summed E-state index contributed by atoms with van der Waals surface area (Å²) in [5, 5.41) is 6.45. The van der Waals surface area contributed by atoms with Gasteiger partial charge in [0.1, 0.15) is 0 Å². The van der Waals surface area contributed by atoms with Crippen LogP contribution in [0.2, 0.25) is 0 Å². The number of nitrogens with one attached hydrogen (secondary N) is 1. The maximum absolute atomic E-state index is 12.6. The highest BCUT2D eigenvalue weighted by molar-refractivity contribution is 5.90. The first kappa shape index (κ1) is 20.3. The zero-order chi connectivity index (χ0) is 20.1. The molecule has 0 unspecified atom stereocenters. The Morgan fingerprint density at radius 3 is 2.71 bits per heavy atom. The fourth-order valence-corrected chi connectivity index (χ4v) is 3.43. The molecule has 2 heterocycles. The molecule has 1 aromatic carbocycles. The van der Waals surface area contributed by atoms with Crippen LogP contribution in [0, 0.1) is 12.8 Å². The van der Waals surface area contributed by atoms with Gasteiger partial charge in [-0.15, -0.1) is 0 Å². The quantitative estimate of drug-likeness (QED) is 0.798. The SMILES string of the molecule is Cc1noc(CN2CCC[C@H](CCC(=O)Nc3ccc(C(F)(F)F)cc3)C2)n1. The summed E-state index contributed by atoms with van der Waals surface area (Å²) in [6.07, 6.45) is -1.23. The van der Waals surface area contributed by atoms with Gasteiger partial charge in [-0.3, -0.25) is 9.69 Å². The minimum Gasteiger partial charge on any atom is -0.338 e. The van der Waals surface area contributed by atoms with Gasteiger partial charge in [-0.2, -0.15) is 18.2 Å². The number of carbonyl (C=O) groups excluding carboxylic acids is 1. The van der Waals surface area contributed by atoms with Crippen molar-refractivity contribution in [2.75, 3.05) is 18.4 Å². The largest absolute Gasteiger partial charge is 0.416 e. The van der Waals surface area contributed by atoms with Crippen LogP contribution in [0.3, 0.4) is 0 Å². The van der Waals surface area contributed by atoms with Gasteiger partial charge < -0.3 is 9.84 Å². The lowest BCUT2D eigenvalue weighted by Gasteiger charge is -2.31. The fraction of sp³-hybridized carbons (Fsp3) is 0.526. The van der Waals surface area contributed by atoms with Crippen molar-refractivity contribution in [1.82, 2.24) is 15.0 Å². The molecule has 1 atom stereocenters. The number of halogens is 3. The third-order valence-electron chi connectivity index (χ3n) is 4.81. The number of carbonyl (C=O) groups is 1. The van der Waals surface area contributed by atoms with Crippen molar-refractivity contribution in [3.63, 3.8) is 0 Å². The Labute approximate surface area is 161 Å². The van der Waals surface area contributed by atoms with Crippen molar-refractivity contribution >= 4 is 11.6 Å². The molecule has 0 spiro atoms. The van der Waals surface area contributed by atoms with Crippen molar-refractivity contribution in [1.29, 1.82) is 0 Å². The van der Waals surface area contributed by atoms with Crippen LogP contribution < -0.4 is 5.32 Å². The first-order valence-electron chi connectivity index (χ1n) is 9.28. The second-order valence-electron chi connectivity index (χ2n) is 7.14. The number of anilines is 1. The molecule has 6 nitrogen and oxygen atoms in total. The van der Waals surface area contributed by atoms with Crippen molar-refractivity contribution in [3.05, 3.63) is 41.5 Å². The van der Waals surface area contributed by atoms with E-state index < -0.39 is 11.7 Å². The van der Waals surface area contributed by atoms with Gasteiger partial charge in [0.15, 0.2) is 5.82 Å². The van der Waals surface area contributed by atoms with E-state index in [1.165, 1.54) is 12.1 Å². The van der Waals surface area contributed by atoms with Crippen LogP contribution in [0.4, 0.5) is 18.9 Å². The molecular formula is C19H23F3N4O2. The van der Waals surface area contributed by atoms with Crippen LogP contribution in [-0.2, 0) is 17.5 Å². The van der Waals surface area contributed by atoms with Gasteiger partial charge in [0.25, 0.3) is 0 Å². The Morgan fingerprint density at radius 2 is 2.07 bits per heavy atom. The molecule has 2 aromatic rings. The number of alkyl halides is 3. The molecule has 1 amide bonds. The van der Waals surface area contributed by atoms with Gasteiger partial charge in [0, 0.05) is 18.7 Å². The molecule has 28 heavy (non-hydrogen) atoms. The predicted octanol–water partition coefficient (Wildman–Crippen LogP) is 4.03. The van der Waals surface area contributed by atoms with Crippen molar-refractivity contribution in [2.24, 2.45) is 5.92 Å². The number of piperidine rings is 1. The van der Waals surface area contributed by atoms with E-state index in [1.807, 2.05) is 0 Å². The van der Waals surface area contributed by atoms with E-state index in [0.717, 1.165) is 44.5 Å². The van der Waals surface area contributed by atoms with Crippen LogP contribution in [-0.4, -0.2) is 34.0 Å². The third kappa shape index (κ3) is 5.79. The molecule has 1 N–H and O–H groups in total. The Bertz CT molecular complexity index is 789. The number of nitrogens with zero attached hydrogens (tertiary/aromatic N) is 3. The number of hydrogen-bond donors (Lipinski definition) is 1. The van der Waals surface area contributed by atoms with Gasteiger partial charge in [0.2, 0.25) is 11.8 Å². The van der Waals surface area contributed by atoms with Gasteiger partial charge in [-0.25, -0.2) is 0 Å². The lowest BCUT2D eigenvalue weighted by Crippen LogP contribution is -2.35. The lowest BCUT2D eigenvalue weighted by atomic mass is 9.93. The number of aryl methyl sites for hydroxylation is 1. The summed E-state index contributed by atoms with van der Waals surface area (Å²) in [6.45, 7) is 4.20. The van der Waals surface area contributed by atoms with Crippen LogP contribution in [0.1, 0.15) is 43.0 Å². The molecule has 9 heteroatoms. The van der Waals surface area contributed by atoms with Crippen LogP contribution in [0.5, 0.6) is 0 Å². The topological polar surface area (TPSA) is 71.3 Å². The van der Waals surface area contributed by atoms with Crippen LogP contribution in [0.15, 0.2) is 28.8 Å². The number of rotatable bonds is 6. The number of hydrogen-bond acceptors (Lipinski definition) is 5. The van der Waals surface area contributed by atoms with Gasteiger partial charge in [-0.05, 0) is 62.9 Å². The summed E-state index contributed by atoms with van der Waals surface area (Å²) in [7, 11) is 0. The number of aromatic nitrogens is 2. The molecule has 0 radical (unpaired) electrons. The molecule has 0 bridgehead atoms. The highest BCUT2D eigenvalue weighted by atomic mass is 19.4. The maximum atomic E-state index is 12.6. The van der Waals surface area contributed by atoms with Crippen molar-refractivity contribution in [3.8, 4) is 0 Å². The number of benzene rings is 1. The van der Waals surface area contributed by atoms with E-state index in [-0.39, 0.29) is 5.91 Å². The molecule has 1 aromatic heterocycles. The molecule has 1 fully saturated rings. The fourth-order valence-electron chi connectivity index (χ4n) is 3.43. The molecule has 1 aliphatic rings. The second-order valence-corrected chi connectivity index (χ2v) is 7.14. The number of amides is 1. The van der Waals surface area contributed by atoms with E-state index in [2.05, 4.69) is 20.4 Å². The first-order valence-corrected chi connectivity index (χ1v) is 9.28. The summed E-state index contributed by atoms with van der Waals surface area (Å²) in [5.74, 6) is 1.40. The third-order valence-corrected chi connectivity index (χ3v) is 4.81. The van der Waals surface area contributed by atoms with Crippen LogP contribution in [0.25, 0.3) is 0 Å². The summed E-state index contributed by atoms with van der Waals surface area (Å²) in [5.41, 5.74) is -0.362. The maximum Gasteiger partial charge on any atom is 0.416 e. The Balaban J connectivity index is 1.43. The van der Waals surface area contributed by atoms with Gasteiger partial charge in [-0.1, -0.05) is 5.16 Å². The monoisotopic (exact) mass is 396 g/mol. The Morgan fingerprint density at radius 1 is 1.32 bits per heavy atom. The molecule has 0 saturated carbocycles. The lowest BCUT2D eigenvalue weighted by molar-refractivity contribution is -0.137. The van der Waals surface area contributed by atoms with E-state index in [0.29, 0.717) is 36.3 Å². The molecule has 1 saturated heterocycles. The van der Waals surface area contributed by atoms with Crippen molar-refractivity contribution in [2.45, 2.75) is 45.3 Å². The standard InChI is InChI=1S/C19H23F3N4O2/c1-13-23-18(28-25-13)12-26-10-2-3-14(11-26)4-9-17(27)24-16-7-5-15(6-8-16)19(20,21)22/h5-8,14H,2-4,9-12H2,1H3,(H,24,27)/t14-/m1/s1. The molecule has 1 aliphatic heterocycles. The number of likely N-dealkylation sites (tertiary alicyclic amines) is 1. The predicted molar refractivity (Wildman–Crippen MR) is 96.3 cm³/mol. The average Bonchev–Trinajstić information content (AvgIpc) is 3.05. The van der Waals surface area contributed by atoms with E-state index in [9.17, 15) is 18.0 Å². The Kier molecular flexibility index (Phi) is 6.33. The van der Waals surface area contributed by atoms with Gasteiger partial charge >= 0.3 is 6.18 Å². The first-order chi connectivity index (χ1) is 13.3. The summed E-state index contributed by atoms with van der Waals surface area (Å²) < 4.78 is 42.9. The molecular weight excluding hydrogens is 373 g/mol. The van der Waals surface area contributed by atoms with Crippen molar-refractivity contribution < 1.29 is 22.5 Å². The smallest absolute Gasteiger partial charge is 0.338 e. The minimum absolute atomic E-state index is 0.190. The summed E-state index contributed by atoms with van der Waals surface area (Å²) >= 11 is 0. The minimum atomic E-state index is -4.38. The summed E-state index contributed by atoms with van der Waals surface area (Å²) in [4.78, 5) is 18.6. The summed E-state index contributed by atoms with van der Waals surface area (Å²) in [6, 6.07) is 4.48. The zero-order valence-corrected chi connectivity index (χ0v) is 15.6. The molecule has 0 aliphatic carbocycles. The van der Waals surface area contributed by atoms with Gasteiger partial charge in [0.05, 0.1) is 12.1 Å². The average molecular weight is 396 g/mol. The highest BCUT2D eigenvalue weighted by Crippen LogP contribution is 2.30. The normalized spacial score (nSPS) is 18.2. The van der Waals surface area contributed by atoms with E-state index in [4.69, 9.17) is 4.52 Å². The van der Waals surface area contributed by atoms with E-state index >= 15 is 0 Å². The molecule has 3 rings (SSSR count). The van der Waals surface area contributed by atoms with Crippen LogP contribution >= 0.6 is 0 Å². The zero-order valence-electron chi connectivity index (χ0n) is 15.6. The van der Waals surface area contributed by atoms with E-state index in [1.54, 1.807) is 6.92 Å². The molecule has 152 valence electrons. The highest BCUT2D eigenvalue weighted by Gasteiger charge is 2.30. The Hall–Kier alpha value is -2.42. The second kappa shape index (κ2) is 8.72.